The Kier molecular flexibility index (Phi) is 4.43. The second-order valence-electron chi connectivity index (χ2n) is 6.32. The normalized spacial score (nSPS) is 19.1. The summed E-state index contributed by atoms with van der Waals surface area (Å²) < 4.78 is 1.46. The Morgan fingerprint density at radius 3 is 2.78 bits per heavy atom. The molecule has 0 bridgehead atoms. The summed E-state index contributed by atoms with van der Waals surface area (Å²) in [6.45, 7) is 2.57. The van der Waals surface area contributed by atoms with Crippen LogP contribution in [0.3, 0.4) is 0 Å². The van der Waals surface area contributed by atoms with Crippen LogP contribution in [-0.4, -0.2) is 45.9 Å². The number of likely N-dealkylation sites (tertiary alicyclic amines) is 1. The van der Waals surface area contributed by atoms with Gasteiger partial charge in [-0.3, -0.25) is 9.59 Å². The first kappa shape index (κ1) is 15.7. The number of piperidine rings is 1. The van der Waals surface area contributed by atoms with Crippen molar-refractivity contribution in [1.29, 1.82) is 0 Å². The molecule has 1 atom stereocenters. The van der Waals surface area contributed by atoms with Crippen LogP contribution in [0.25, 0.3) is 10.8 Å². The minimum absolute atomic E-state index is 0.136. The highest BCUT2D eigenvalue weighted by atomic mass is 16.4. The number of carboxylic acid groups (broad SMARTS) is 1. The largest absolute Gasteiger partial charge is 0.481 e. The summed E-state index contributed by atoms with van der Waals surface area (Å²) in [4.78, 5) is 26.0. The molecular formula is C17H21N3O3. The molecule has 1 aromatic heterocycles. The minimum Gasteiger partial charge on any atom is -0.481 e. The number of carboxylic acids is 1. The first-order valence-electron chi connectivity index (χ1n) is 7.93. The van der Waals surface area contributed by atoms with Gasteiger partial charge in [0.25, 0.3) is 5.56 Å². The predicted octanol–water partition coefficient (Wildman–Crippen LogP) is 1.37. The molecule has 0 radical (unpaired) electrons. The molecule has 1 aromatic carbocycles. The Labute approximate surface area is 134 Å². The van der Waals surface area contributed by atoms with Crippen molar-refractivity contribution in [3.8, 4) is 0 Å². The van der Waals surface area contributed by atoms with E-state index in [9.17, 15) is 9.59 Å². The van der Waals surface area contributed by atoms with E-state index in [0.717, 1.165) is 25.9 Å². The highest BCUT2D eigenvalue weighted by Gasteiger charge is 2.20. The number of hydrogen-bond donors (Lipinski definition) is 1. The zero-order valence-corrected chi connectivity index (χ0v) is 13.2. The molecule has 3 rings (SSSR count). The molecule has 1 saturated heterocycles. The molecule has 1 N–H and O–H groups in total. The first-order chi connectivity index (χ1) is 11.0. The van der Waals surface area contributed by atoms with Crippen LogP contribution < -0.4 is 5.56 Å². The lowest BCUT2D eigenvalue weighted by atomic mass is 9.98. The molecule has 1 unspecified atom stereocenters. The van der Waals surface area contributed by atoms with E-state index in [1.54, 1.807) is 24.3 Å². The van der Waals surface area contributed by atoms with Gasteiger partial charge in [0, 0.05) is 18.5 Å². The second-order valence-corrected chi connectivity index (χ2v) is 6.32. The lowest BCUT2D eigenvalue weighted by Crippen LogP contribution is -2.37. The maximum absolute atomic E-state index is 12.7. The smallest absolute Gasteiger partial charge is 0.309 e. The lowest BCUT2D eigenvalue weighted by Gasteiger charge is -2.29. The van der Waals surface area contributed by atoms with E-state index in [4.69, 9.17) is 5.11 Å². The van der Waals surface area contributed by atoms with Gasteiger partial charge >= 0.3 is 5.97 Å². The summed E-state index contributed by atoms with van der Waals surface area (Å²) in [6, 6.07) is 7.11. The SMILES string of the molecule is CN1CCCC(Cn2nc(CC(=O)O)c3ccccc3c2=O)C1. The average molecular weight is 315 g/mol. The number of nitrogens with zero attached hydrogens (tertiary/aromatic N) is 3. The van der Waals surface area contributed by atoms with Crippen molar-refractivity contribution in [3.63, 3.8) is 0 Å². The molecule has 122 valence electrons. The highest BCUT2D eigenvalue weighted by molar-refractivity contribution is 5.86. The number of hydrogen-bond acceptors (Lipinski definition) is 4. The van der Waals surface area contributed by atoms with Gasteiger partial charge in [-0.1, -0.05) is 18.2 Å². The van der Waals surface area contributed by atoms with Gasteiger partial charge in [-0.25, -0.2) is 4.68 Å². The van der Waals surface area contributed by atoms with E-state index in [2.05, 4.69) is 17.0 Å². The molecule has 1 aliphatic heterocycles. The number of aliphatic carboxylic acids is 1. The quantitative estimate of drug-likeness (QED) is 0.922. The summed E-state index contributed by atoms with van der Waals surface area (Å²) in [5.41, 5.74) is 0.319. The van der Waals surface area contributed by atoms with Gasteiger partial charge < -0.3 is 10.0 Å². The molecule has 0 saturated carbocycles. The van der Waals surface area contributed by atoms with Crippen LogP contribution in [0.1, 0.15) is 18.5 Å². The lowest BCUT2D eigenvalue weighted by molar-refractivity contribution is -0.136. The fourth-order valence-electron chi connectivity index (χ4n) is 3.37. The van der Waals surface area contributed by atoms with Gasteiger partial charge in [-0.05, 0) is 38.4 Å². The van der Waals surface area contributed by atoms with Crippen LogP contribution in [0.5, 0.6) is 0 Å². The summed E-state index contributed by atoms with van der Waals surface area (Å²) in [5.74, 6) is -0.567. The van der Waals surface area contributed by atoms with Crippen LogP contribution in [0.2, 0.25) is 0 Å². The van der Waals surface area contributed by atoms with E-state index in [1.807, 2.05) is 0 Å². The standard InChI is InChI=1S/C17H21N3O3/c1-19-8-4-5-12(10-19)11-20-17(23)14-7-3-2-6-13(14)15(18-20)9-16(21)22/h2-3,6-7,12H,4-5,8-11H2,1H3,(H,21,22). The average Bonchev–Trinajstić information content (AvgIpc) is 2.51. The molecule has 2 aromatic rings. The fraction of sp³-hybridized carbons (Fsp3) is 0.471. The van der Waals surface area contributed by atoms with Gasteiger partial charge in [0.2, 0.25) is 0 Å². The maximum Gasteiger partial charge on any atom is 0.309 e. The first-order valence-corrected chi connectivity index (χ1v) is 7.93. The minimum atomic E-state index is -0.940. The number of benzene rings is 1. The fourth-order valence-corrected chi connectivity index (χ4v) is 3.37. The van der Waals surface area contributed by atoms with E-state index in [0.29, 0.717) is 28.9 Å². The van der Waals surface area contributed by atoms with Crippen molar-refractivity contribution in [3.05, 3.63) is 40.3 Å². The predicted molar refractivity (Wildman–Crippen MR) is 87.6 cm³/mol. The van der Waals surface area contributed by atoms with Crippen LogP contribution in [0.15, 0.2) is 29.1 Å². The Morgan fingerprint density at radius 1 is 1.35 bits per heavy atom. The Balaban J connectivity index is 2.00. The van der Waals surface area contributed by atoms with Crippen molar-refractivity contribution in [1.82, 2.24) is 14.7 Å². The number of carbonyl (C=O) groups is 1. The maximum atomic E-state index is 12.7. The molecule has 0 amide bonds. The molecule has 1 aliphatic rings. The molecule has 23 heavy (non-hydrogen) atoms. The van der Waals surface area contributed by atoms with Crippen LogP contribution >= 0.6 is 0 Å². The van der Waals surface area contributed by atoms with Crippen molar-refractivity contribution < 1.29 is 9.90 Å². The Hall–Kier alpha value is -2.21. The van der Waals surface area contributed by atoms with Crippen molar-refractivity contribution in [2.75, 3.05) is 20.1 Å². The van der Waals surface area contributed by atoms with Crippen molar-refractivity contribution >= 4 is 16.7 Å². The Bertz CT molecular complexity index is 784. The molecule has 6 nitrogen and oxygen atoms in total. The van der Waals surface area contributed by atoms with Gasteiger partial charge in [0.05, 0.1) is 17.5 Å². The van der Waals surface area contributed by atoms with Crippen molar-refractivity contribution in [2.45, 2.75) is 25.8 Å². The van der Waals surface area contributed by atoms with E-state index >= 15 is 0 Å². The molecular weight excluding hydrogens is 294 g/mol. The van der Waals surface area contributed by atoms with E-state index < -0.39 is 5.97 Å². The second kappa shape index (κ2) is 6.50. The molecule has 0 aliphatic carbocycles. The van der Waals surface area contributed by atoms with Gasteiger partial charge in [-0.15, -0.1) is 0 Å². The van der Waals surface area contributed by atoms with Crippen molar-refractivity contribution in [2.24, 2.45) is 5.92 Å². The highest BCUT2D eigenvalue weighted by Crippen LogP contribution is 2.18. The summed E-state index contributed by atoms with van der Waals surface area (Å²) >= 11 is 0. The van der Waals surface area contributed by atoms with Gasteiger partial charge in [-0.2, -0.15) is 5.10 Å². The number of rotatable bonds is 4. The van der Waals surface area contributed by atoms with Crippen LogP contribution in [0, 0.1) is 5.92 Å². The van der Waals surface area contributed by atoms with Gasteiger partial charge in [0.15, 0.2) is 0 Å². The van der Waals surface area contributed by atoms with Gasteiger partial charge in [0.1, 0.15) is 0 Å². The van der Waals surface area contributed by atoms with Crippen LogP contribution in [0.4, 0.5) is 0 Å². The van der Waals surface area contributed by atoms with E-state index in [-0.39, 0.29) is 12.0 Å². The molecule has 6 heteroatoms. The Morgan fingerprint density at radius 2 is 2.09 bits per heavy atom. The summed E-state index contributed by atoms with van der Waals surface area (Å²) in [5, 5.41) is 14.7. The number of aromatic nitrogens is 2. The third-order valence-electron chi connectivity index (χ3n) is 4.42. The monoisotopic (exact) mass is 315 g/mol. The molecule has 0 spiro atoms. The zero-order valence-electron chi connectivity index (χ0n) is 13.2. The zero-order chi connectivity index (χ0) is 16.4. The topological polar surface area (TPSA) is 75.4 Å². The molecule has 1 fully saturated rings. The summed E-state index contributed by atoms with van der Waals surface area (Å²) in [6.07, 6.45) is 2.01. The molecule has 2 heterocycles. The summed E-state index contributed by atoms with van der Waals surface area (Å²) in [7, 11) is 2.08. The number of fused-ring (bicyclic) bond motifs is 1. The third kappa shape index (κ3) is 3.42. The van der Waals surface area contributed by atoms with E-state index in [1.165, 1.54) is 4.68 Å². The van der Waals surface area contributed by atoms with Crippen LogP contribution in [-0.2, 0) is 17.8 Å². The third-order valence-corrected chi connectivity index (χ3v) is 4.42.